The fourth-order valence-corrected chi connectivity index (χ4v) is 3.45. The lowest BCUT2D eigenvalue weighted by molar-refractivity contribution is -0.130. The second-order valence-electron chi connectivity index (χ2n) is 6.60. The molecule has 1 aliphatic heterocycles. The topological polar surface area (TPSA) is 52.2 Å². The molecule has 5 heteroatoms. The Hall–Kier alpha value is -2.82. The van der Waals surface area contributed by atoms with Gasteiger partial charge >= 0.3 is 0 Å². The van der Waals surface area contributed by atoms with Gasteiger partial charge in [-0.15, -0.1) is 0 Å². The number of benzene rings is 1. The number of carbonyl (C=O) groups is 1. The standard InChI is InChI=1S/C20H22N4O/c1-15-5-6-17-16(14-22-18(17)12-15)13-20(25)24-10-8-23(9-11-24)19-4-2-3-7-21-19/h2-7,12,14,22H,8-11,13H2,1H3. The maximum absolute atomic E-state index is 12.7. The van der Waals surface area contributed by atoms with Crippen molar-refractivity contribution in [2.75, 3.05) is 31.1 Å². The highest BCUT2D eigenvalue weighted by Crippen LogP contribution is 2.21. The van der Waals surface area contributed by atoms with Gasteiger partial charge in [-0.1, -0.05) is 18.2 Å². The third-order valence-electron chi connectivity index (χ3n) is 4.87. The molecule has 1 amide bonds. The van der Waals surface area contributed by atoms with Gasteiger partial charge in [-0.3, -0.25) is 4.79 Å². The molecule has 1 aliphatic rings. The van der Waals surface area contributed by atoms with E-state index in [9.17, 15) is 4.79 Å². The summed E-state index contributed by atoms with van der Waals surface area (Å²) in [6.07, 6.45) is 4.23. The molecule has 0 spiro atoms. The Bertz CT molecular complexity index is 879. The monoisotopic (exact) mass is 334 g/mol. The smallest absolute Gasteiger partial charge is 0.227 e. The molecule has 25 heavy (non-hydrogen) atoms. The highest BCUT2D eigenvalue weighted by Gasteiger charge is 2.22. The van der Waals surface area contributed by atoms with Gasteiger partial charge in [-0.05, 0) is 36.2 Å². The molecule has 4 rings (SSSR count). The lowest BCUT2D eigenvalue weighted by atomic mass is 10.1. The molecule has 0 atom stereocenters. The number of aromatic nitrogens is 2. The van der Waals surface area contributed by atoms with Crippen molar-refractivity contribution in [3.63, 3.8) is 0 Å². The van der Waals surface area contributed by atoms with Gasteiger partial charge in [-0.25, -0.2) is 4.98 Å². The van der Waals surface area contributed by atoms with Crippen molar-refractivity contribution in [3.8, 4) is 0 Å². The van der Waals surface area contributed by atoms with Gasteiger partial charge in [0.2, 0.25) is 5.91 Å². The first kappa shape index (κ1) is 15.7. The van der Waals surface area contributed by atoms with Crippen LogP contribution in [0.15, 0.2) is 48.8 Å². The van der Waals surface area contributed by atoms with Crippen LogP contribution in [0.25, 0.3) is 10.9 Å². The number of H-pyrrole nitrogens is 1. The van der Waals surface area contributed by atoms with Crippen molar-refractivity contribution < 1.29 is 4.79 Å². The summed E-state index contributed by atoms with van der Waals surface area (Å²) in [5, 5.41) is 1.14. The minimum absolute atomic E-state index is 0.196. The Balaban J connectivity index is 1.40. The number of anilines is 1. The molecular formula is C20H22N4O. The summed E-state index contributed by atoms with van der Waals surface area (Å²) in [6, 6.07) is 12.3. The first-order valence-electron chi connectivity index (χ1n) is 8.71. The Morgan fingerprint density at radius 3 is 2.76 bits per heavy atom. The van der Waals surface area contributed by atoms with E-state index in [-0.39, 0.29) is 5.91 Å². The van der Waals surface area contributed by atoms with Crippen LogP contribution in [0.4, 0.5) is 5.82 Å². The fraction of sp³-hybridized carbons (Fsp3) is 0.300. The lowest BCUT2D eigenvalue weighted by Gasteiger charge is -2.35. The highest BCUT2D eigenvalue weighted by molar-refractivity contribution is 5.89. The third-order valence-corrected chi connectivity index (χ3v) is 4.87. The second kappa shape index (κ2) is 6.59. The predicted molar refractivity (Wildman–Crippen MR) is 99.8 cm³/mol. The van der Waals surface area contributed by atoms with Crippen molar-refractivity contribution in [2.24, 2.45) is 0 Å². The molecule has 1 aromatic carbocycles. The average Bonchev–Trinajstić information content (AvgIpc) is 3.04. The number of hydrogen-bond acceptors (Lipinski definition) is 3. The third kappa shape index (κ3) is 3.22. The quantitative estimate of drug-likeness (QED) is 0.801. The number of fused-ring (bicyclic) bond motifs is 1. The molecule has 128 valence electrons. The zero-order valence-electron chi connectivity index (χ0n) is 14.4. The predicted octanol–water partition coefficient (Wildman–Crippen LogP) is 2.76. The summed E-state index contributed by atoms with van der Waals surface area (Å²) in [5.41, 5.74) is 3.40. The molecule has 1 fully saturated rings. The summed E-state index contributed by atoms with van der Waals surface area (Å²) in [6.45, 7) is 5.23. The van der Waals surface area contributed by atoms with Crippen LogP contribution in [-0.2, 0) is 11.2 Å². The Morgan fingerprint density at radius 2 is 2.00 bits per heavy atom. The summed E-state index contributed by atoms with van der Waals surface area (Å²) < 4.78 is 0. The molecule has 3 aromatic rings. The summed E-state index contributed by atoms with van der Waals surface area (Å²) in [4.78, 5) is 24.6. The van der Waals surface area contributed by atoms with Crippen LogP contribution in [0.2, 0.25) is 0 Å². The van der Waals surface area contributed by atoms with Gasteiger partial charge in [0.05, 0.1) is 6.42 Å². The van der Waals surface area contributed by atoms with E-state index in [0.29, 0.717) is 6.42 Å². The molecule has 0 unspecified atom stereocenters. The summed E-state index contributed by atoms with van der Waals surface area (Å²) in [7, 11) is 0. The minimum atomic E-state index is 0.196. The summed E-state index contributed by atoms with van der Waals surface area (Å²) in [5.74, 6) is 1.18. The van der Waals surface area contributed by atoms with Crippen molar-refractivity contribution in [3.05, 3.63) is 59.9 Å². The fourth-order valence-electron chi connectivity index (χ4n) is 3.45. The van der Waals surface area contributed by atoms with Crippen LogP contribution in [0.5, 0.6) is 0 Å². The van der Waals surface area contributed by atoms with E-state index in [0.717, 1.165) is 48.5 Å². The average molecular weight is 334 g/mol. The van der Waals surface area contributed by atoms with Gasteiger partial charge < -0.3 is 14.8 Å². The van der Waals surface area contributed by atoms with E-state index < -0.39 is 0 Å². The molecule has 0 aliphatic carbocycles. The number of hydrogen-bond donors (Lipinski definition) is 1. The number of amides is 1. The van der Waals surface area contributed by atoms with E-state index >= 15 is 0 Å². The molecule has 1 N–H and O–H groups in total. The highest BCUT2D eigenvalue weighted by atomic mass is 16.2. The van der Waals surface area contributed by atoms with Crippen LogP contribution in [0.3, 0.4) is 0 Å². The molecule has 0 bridgehead atoms. The Kier molecular flexibility index (Phi) is 4.14. The van der Waals surface area contributed by atoms with E-state index in [4.69, 9.17) is 0 Å². The van der Waals surface area contributed by atoms with Crippen molar-refractivity contribution >= 4 is 22.6 Å². The Morgan fingerprint density at radius 1 is 1.16 bits per heavy atom. The maximum Gasteiger partial charge on any atom is 0.227 e. The van der Waals surface area contributed by atoms with E-state index in [1.165, 1.54) is 5.56 Å². The zero-order chi connectivity index (χ0) is 17.2. The number of rotatable bonds is 3. The van der Waals surface area contributed by atoms with Crippen LogP contribution in [0, 0.1) is 6.92 Å². The van der Waals surface area contributed by atoms with E-state index in [2.05, 4.69) is 40.0 Å². The number of piperazine rings is 1. The number of nitrogens with one attached hydrogen (secondary N) is 1. The van der Waals surface area contributed by atoms with Gasteiger partial charge in [0.25, 0.3) is 0 Å². The number of aryl methyl sites for hydroxylation is 1. The number of carbonyl (C=O) groups excluding carboxylic acids is 1. The van der Waals surface area contributed by atoms with Crippen molar-refractivity contribution in [2.45, 2.75) is 13.3 Å². The largest absolute Gasteiger partial charge is 0.361 e. The van der Waals surface area contributed by atoms with Crippen molar-refractivity contribution in [1.29, 1.82) is 0 Å². The van der Waals surface area contributed by atoms with Gasteiger partial charge in [0, 0.05) is 49.5 Å². The van der Waals surface area contributed by atoms with E-state index in [1.807, 2.05) is 35.5 Å². The number of nitrogens with zero attached hydrogens (tertiary/aromatic N) is 3. The van der Waals surface area contributed by atoms with Crippen LogP contribution in [0.1, 0.15) is 11.1 Å². The van der Waals surface area contributed by atoms with Gasteiger partial charge in [0.15, 0.2) is 0 Å². The molecular weight excluding hydrogens is 312 g/mol. The SMILES string of the molecule is Cc1ccc2c(CC(=O)N3CCN(c4ccccn4)CC3)c[nH]c2c1. The molecule has 0 radical (unpaired) electrons. The van der Waals surface area contributed by atoms with Crippen LogP contribution in [-0.4, -0.2) is 47.0 Å². The number of aromatic amines is 1. The lowest BCUT2D eigenvalue weighted by Crippen LogP contribution is -2.49. The first-order valence-corrected chi connectivity index (χ1v) is 8.71. The maximum atomic E-state index is 12.7. The van der Waals surface area contributed by atoms with Crippen molar-refractivity contribution in [1.82, 2.24) is 14.9 Å². The second-order valence-corrected chi connectivity index (χ2v) is 6.60. The normalized spacial score (nSPS) is 14.9. The van der Waals surface area contributed by atoms with Gasteiger partial charge in [0.1, 0.15) is 5.82 Å². The van der Waals surface area contributed by atoms with E-state index in [1.54, 1.807) is 0 Å². The first-order chi connectivity index (χ1) is 12.2. The molecule has 3 heterocycles. The molecule has 5 nitrogen and oxygen atoms in total. The van der Waals surface area contributed by atoms with Crippen LogP contribution < -0.4 is 4.90 Å². The minimum Gasteiger partial charge on any atom is -0.361 e. The Labute approximate surface area is 147 Å². The molecule has 2 aromatic heterocycles. The zero-order valence-corrected chi connectivity index (χ0v) is 14.4. The van der Waals surface area contributed by atoms with Gasteiger partial charge in [-0.2, -0.15) is 0 Å². The van der Waals surface area contributed by atoms with Crippen LogP contribution >= 0.6 is 0 Å². The summed E-state index contributed by atoms with van der Waals surface area (Å²) >= 11 is 0. The number of pyridine rings is 1. The molecule has 0 saturated carbocycles. The molecule has 1 saturated heterocycles.